The molecular weight excluding hydrogens is 969 g/mol. The Kier molecular flexibility index (Phi) is 72.0. The molecule has 0 aliphatic carbocycles. The smallest absolute Gasteiger partial charge is 0.132 e. The molecule has 0 N–H and O–H groups in total. The Morgan fingerprint density at radius 1 is 0.188 bits per heavy atom. The molecule has 0 aromatic heterocycles. The van der Waals surface area contributed by atoms with Crippen LogP contribution in [0.25, 0.3) is 0 Å². The second-order valence-electron chi connectivity index (χ2n) is 27.4. The summed E-state index contributed by atoms with van der Waals surface area (Å²) in [7, 11) is 0. The first-order chi connectivity index (χ1) is 39.6. The topological polar surface area (TPSA) is 34.1 Å². The third-order valence-corrected chi connectivity index (χ3v) is 19.0. The van der Waals surface area contributed by atoms with Crippen molar-refractivity contribution in [2.45, 2.75) is 483 Å². The van der Waals surface area contributed by atoms with Gasteiger partial charge in [-0.15, -0.1) is 0 Å². The molecule has 0 saturated carbocycles. The largest absolute Gasteiger partial charge is 0.300 e. The van der Waals surface area contributed by atoms with E-state index < -0.39 is 0 Å². The van der Waals surface area contributed by atoms with Crippen molar-refractivity contribution < 1.29 is 9.59 Å². The summed E-state index contributed by atoms with van der Waals surface area (Å²) in [5, 5.41) is 0. The summed E-state index contributed by atoms with van der Waals surface area (Å²) in [4.78, 5) is 23.5. The first-order valence-corrected chi connectivity index (χ1v) is 38.6. The molecule has 1 unspecified atom stereocenters. The van der Waals surface area contributed by atoms with Crippen molar-refractivity contribution in [1.29, 1.82) is 0 Å². The van der Waals surface area contributed by atoms with Gasteiger partial charge in [0.15, 0.2) is 0 Å². The van der Waals surface area contributed by atoms with Crippen molar-refractivity contribution in [2.75, 3.05) is 0 Å². The van der Waals surface area contributed by atoms with E-state index in [9.17, 15) is 9.59 Å². The van der Waals surface area contributed by atoms with Crippen molar-refractivity contribution in [2.24, 2.45) is 5.92 Å². The number of Topliss-reactive ketones (excluding diaryl/α,β-unsaturated/α-hetero) is 2. The van der Waals surface area contributed by atoms with Crippen molar-refractivity contribution in [1.82, 2.24) is 0 Å². The molecule has 0 radical (unpaired) electrons. The maximum atomic E-state index is 12.4. The molecule has 0 amide bonds. The van der Waals surface area contributed by atoms with Gasteiger partial charge in [0.1, 0.15) is 11.6 Å². The lowest BCUT2D eigenvalue weighted by Crippen LogP contribution is -2.01. The van der Waals surface area contributed by atoms with Gasteiger partial charge < -0.3 is 4.79 Å². The molecule has 0 aromatic rings. The highest BCUT2D eigenvalue weighted by Gasteiger charge is 2.10. The van der Waals surface area contributed by atoms with Crippen LogP contribution < -0.4 is 0 Å². The van der Waals surface area contributed by atoms with E-state index in [4.69, 9.17) is 0 Å². The van der Waals surface area contributed by atoms with Gasteiger partial charge in [-0.25, -0.2) is 0 Å². The van der Waals surface area contributed by atoms with Crippen LogP contribution in [0.4, 0.5) is 0 Å². The molecule has 0 spiro atoms. The lowest BCUT2D eigenvalue weighted by molar-refractivity contribution is -0.119. The predicted molar refractivity (Wildman–Crippen MR) is 363 cm³/mol. The number of carbonyl (C=O) groups excluding carboxylic acids is 2. The second-order valence-corrected chi connectivity index (χ2v) is 27.4. The Labute approximate surface area is 507 Å². The van der Waals surface area contributed by atoms with E-state index in [1.807, 2.05) is 0 Å². The zero-order valence-electron chi connectivity index (χ0n) is 56.3. The number of hydrogen-bond acceptors (Lipinski definition) is 2. The minimum atomic E-state index is 0.356. The Morgan fingerprint density at radius 3 is 0.487 bits per heavy atom. The number of carbonyl (C=O) groups is 2. The maximum absolute atomic E-state index is 12.4. The molecule has 0 saturated heterocycles. The summed E-state index contributed by atoms with van der Waals surface area (Å²) >= 11 is 0. The van der Waals surface area contributed by atoms with Gasteiger partial charge in [0.25, 0.3) is 0 Å². The fourth-order valence-corrected chi connectivity index (χ4v) is 13.3. The summed E-state index contributed by atoms with van der Waals surface area (Å²) in [6.07, 6.45) is 101. The third kappa shape index (κ3) is 71.6. The molecule has 0 aliphatic rings. The van der Waals surface area contributed by atoms with Gasteiger partial charge in [-0.3, -0.25) is 4.79 Å². The fraction of sp³-hybridized carbons (Fsp3) is 0.974. The Bertz CT molecular complexity index is 1130. The van der Waals surface area contributed by atoms with E-state index in [0.29, 0.717) is 11.6 Å². The molecule has 478 valence electrons. The van der Waals surface area contributed by atoms with Crippen LogP contribution in [0.1, 0.15) is 483 Å². The van der Waals surface area contributed by atoms with Crippen molar-refractivity contribution >= 4 is 11.6 Å². The molecule has 2 nitrogen and oxygen atoms in total. The summed E-state index contributed by atoms with van der Waals surface area (Å²) in [5.41, 5.74) is 0. The van der Waals surface area contributed by atoms with Crippen LogP contribution in [0, 0.1) is 5.92 Å². The highest BCUT2D eigenvalue weighted by Crippen LogP contribution is 2.26. The molecule has 80 heavy (non-hydrogen) atoms. The Hall–Kier alpha value is -0.660. The molecule has 0 aliphatic heterocycles. The van der Waals surface area contributed by atoms with Crippen molar-refractivity contribution in [3.63, 3.8) is 0 Å². The average molecular weight is 1120 g/mol. The average Bonchev–Trinajstić information content (AvgIpc) is 3.45. The predicted octanol–water partition coefficient (Wildman–Crippen LogP) is 28.9. The molecule has 0 fully saturated rings. The molecule has 0 bridgehead atoms. The van der Waals surface area contributed by atoms with Gasteiger partial charge in [-0.05, 0) is 32.1 Å². The van der Waals surface area contributed by atoms with Gasteiger partial charge in [-0.1, -0.05) is 438 Å². The van der Waals surface area contributed by atoms with Crippen LogP contribution in [0.2, 0.25) is 0 Å². The van der Waals surface area contributed by atoms with Crippen LogP contribution in [-0.4, -0.2) is 11.6 Å². The molecule has 0 rings (SSSR count). The molecule has 2 heteroatoms. The summed E-state index contributed by atoms with van der Waals surface area (Å²) in [6, 6.07) is 0. The standard InChI is InChI=1S/C78H154O2/c1-4-6-8-10-12-14-16-18-20-22-26-30-38-44-50-56-62-68-74-78(80)75-69-63-57-51-45-39-31-27-24-23-25-29-36-42-48-54-60-66-72-77(71-65-59-53-47-41-35-28-21-19-17-15-13-11-9-7-5-2)73-67-61-55-49-43-37-33-32-34-40-46-52-58-64-70-76(3)79/h77H,4-75H2,1-3H3. The lowest BCUT2D eigenvalue weighted by atomic mass is 9.89. The molecular formula is C78H154O2. The zero-order chi connectivity index (χ0) is 57.6. The minimum Gasteiger partial charge on any atom is -0.300 e. The van der Waals surface area contributed by atoms with Crippen LogP contribution in [-0.2, 0) is 9.59 Å². The van der Waals surface area contributed by atoms with Gasteiger partial charge in [0, 0.05) is 19.3 Å². The summed E-state index contributed by atoms with van der Waals surface area (Å²) in [6.45, 7) is 6.35. The minimum absolute atomic E-state index is 0.356. The number of rotatable bonds is 74. The monoisotopic (exact) mass is 1120 g/mol. The molecule has 0 heterocycles. The maximum Gasteiger partial charge on any atom is 0.132 e. The van der Waals surface area contributed by atoms with Gasteiger partial charge in [0.2, 0.25) is 0 Å². The van der Waals surface area contributed by atoms with E-state index in [1.54, 1.807) is 6.92 Å². The van der Waals surface area contributed by atoms with E-state index in [1.165, 1.54) is 424 Å². The quantitative estimate of drug-likeness (QED) is 0.0569. The highest BCUT2D eigenvalue weighted by molar-refractivity contribution is 5.78. The SMILES string of the molecule is CCCCCCCCCCCCCCCCCCCCC(=O)CCCCCCCCCCCCCCCCCCCCC(CCCCCCCCCCCCCCCCCC)CCCCCCCCCCCCCCCCC(C)=O. The van der Waals surface area contributed by atoms with Gasteiger partial charge in [-0.2, -0.15) is 0 Å². The Morgan fingerprint density at radius 2 is 0.325 bits per heavy atom. The summed E-state index contributed by atoms with van der Waals surface area (Å²) < 4.78 is 0. The highest BCUT2D eigenvalue weighted by atomic mass is 16.1. The molecule has 0 aromatic carbocycles. The normalized spacial score (nSPS) is 12.1. The van der Waals surface area contributed by atoms with Crippen molar-refractivity contribution in [3.05, 3.63) is 0 Å². The zero-order valence-corrected chi connectivity index (χ0v) is 56.3. The second kappa shape index (κ2) is 72.6. The third-order valence-electron chi connectivity index (χ3n) is 19.0. The molecule has 1 atom stereocenters. The van der Waals surface area contributed by atoms with Gasteiger partial charge in [0.05, 0.1) is 0 Å². The van der Waals surface area contributed by atoms with E-state index in [2.05, 4.69) is 13.8 Å². The van der Waals surface area contributed by atoms with Crippen LogP contribution in [0.5, 0.6) is 0 Å². The Balaban J connectivity index is 3.81. The first kappa shape index (κ1) is 79.3. The van der Waals surface area contributed by atoms with E-state index >= 15 is 0 Å². The van der Waals surface area contributed by atoms with Crippen LogP contribution >= 0.6 is 0 Å². The van der Waals surface area contributed by atoms with Crippen LogP contribution in [0.3, 0.4) is 0 Å². The number of ketones is 2. The van der Waals surface area contributed by atoms with E-state index in [-0.39, 0.29) is 0 Å². The van der Waals surface area contributed by atoms with Crippen molar-refractivity contribution in [3.8, 4) is 0 Å². The van der Waals surface area contributed by atoms with E-state index in [0.717, 1.165) is 44.4 Å². The number of hydrogen-bond donors (Lipinski definition) is 0. The first-order valence-electron chi connectivity index (χ1n) is 38.6. The number of unbranched alkanes of at least 4 members (excludes halogenated alkanes) is 62. The van der Waals surface area contributed by atoms with Gasteiger partial charge >= 0.3 is 0 Å². The fourth-order valence-electron chi connectivity index (χ4n) is 13.3. The summed E-state index contributed by atoms with van der Waals surface area (Å²) in [5.74, 6) is 1.89. The van der Waals surface area contributed by atoms with Crippen LogP contribution in [0.15, 0.2) is 0 Å². The lowest BCUT2D eigenvalue weighted by Gasteiger charge is -2.17.